The minimum atomic E-state index is -0.0504. The van der Waals surface area contributed by atoms with Crippen LogP contribution in [-0.2, 0) is 4.74 Å². The summed E-state index contributed by atoms with van der Waals surface area (Å²) in [7, 11) is 3.08. The molecule has 4 heterocycles. The van der Waals surface area contributed by atoms with Crippen molar-refractivity contribution in [1.82, 2.24) is 9.97 Å². The van der Waals surface area contributed by atoms with Gasteiger partial charge >= 0.3 is 0 Å². The first-order chi connectivity index (χ1) is 17.4. The van der Waals surface area contributed by atoms with Crippen molar-refractivity contribution in [3.8, 4) is 28.8 Å². The lowest BCUT2D eigenvalue weighted by Gasteiger charge is -2.22. The number of benzene rings is 1. The number of ether oxygens (including phenoxy) is 3. The molecule has 8 nitrogen and oxygen atoms in total. The standard InChI is InChI=1S/C26H27Cl2N5O3/c1-14-12-36-13-19(14)31-22-7-17-16(10-30-22)6-18(32-26(17)33-5-4-15(9-29)11-33)23-24(27)20(34-2)8-21(35-3)25(23)28/h6-8,10,14-15,19H,4-5,11-13H2,1-3H3,(H,30,31)/t14-,15?,19+/m0/s1. The van der Waals surface area contributed by atoms with Crippen LogP contribution in [0.3, 0.4) is 0 Å². The summed E-state index contributed by atoms with van der Waals surface area (Å²) >= 11 is 13.4. The summed E-state index contributed by atoms with van der Waals surface area (Å²) in [5, 5.41) is 15.5. The number of methoxy groups -OCH3 is 2. The minimum absolute atomic E-state index is 0.0504. The van der Waals surface area contributed by atoms with Crippen LogP contribution in [0.15, 0.2) is 24.4 Å². The zero-order valence-corrected chi connectivity index (χ0v) is 21.9. The molecule has 0 aliphatic carbocycles. The first kappa shape index (κ1) is 24.7. The first-order valence-electron chi connectivity index (χ1n) is 11.8. The Morgan fingerprint density at radius 3 is 2.50 bits per heavy atom. The molecule has 3 aromatic rings. The Morgan fingerprint density at radius 2 is 1.89 bits per heavy atom. The third-order valence-corrected chi connectivity index (χ3v) is 7.64. The Kier molecular flexibility index (Phi) is 6.98. The third-order valence-electron chi connectivity index (χ3n) is 6.89. The molecule has 1 unspecified atom stereocenters. The quantitative estimate of drug-likeness (QED) is 0.454. The summed E-state index contributed by atoms with van der Waals surface area (Å²) in [6.07, 6.45) is 2.61. The van der Waals surface area contributed by atoms with Crippen molar-refractivity contribution in [2.75, 3.05) is 50.7 Å². The number of hydrogen-bond donors (Lipinski definition) is 1. The fourth-order valence-electron chi connectivity index (χ4n) is 4.78. The maximum Gasteiger partial charge on any atom is 0.141 e. The summed E-state index contributed by atoms with van der Waals surface area (Å²) in [6.45, 7) is 4.87. The van der Waals surface area contributed by atoms with E-state index in [9.17, 15) is 5.26 Å². The number of pyridine rings is 2. The third kappa shape index (κ3) is 4.47. The Bertz CT molecular complexity index is 1320. The molecule has 0 spiro atoms. The summed E-state index contributed by atoms with van der Waals surface area (Å²) < 4.78 is 16.5. The van der Waals surface area contributed by atoms with Crippen molar-refractivity contribution >= 4 is 45.6 Å². The van der Waals surface area contributed by atoms with E-state index in [0.29, 0.717) is 51.9 Å². The second kappa shape index (κ2) is 10.2. The van der Waals surface area contributed by atoms with Gasteiger partial charge in [-0.1, -0.05) is 30.1 Å². The van der Waals surface area contributed by atoms with Gasteiger partial charge in [-0.05, 0) is 18.6 Å². The van der Waals surface area contributed by atoms with Crippen molar-refractivity contribution in [1.29, 1.82) is 5.26 Å². The van der Waals surface area contributed by atoms with Crippen LogP contribution in [0, 0.1) is 23.2 Å². The lowest BCUT2D eigenvalue weighted by atomic mass is 10.1. The second-order valence-corrected chi connectivity index (χ2v) is 9.99. The molecule has 2 saturated heterocycles. The molecular formula is C26H27Cl2N5O3. The van der Waals surface area contributed by atoms with Gasteiger partial charge in [0.05, 0.1) is 61.2 Å². The summed E-state index contributed by atoms with van der Waals surface area (Å²) in [4.78, 5) is 11.9. The number of hydrogen-bond acceptors (Lipinski definition) is 8. The van der Waals surface area contributed by atoms with Gasteiger partial charge in [-0.25, -0.2) is 9.97 Å². The van der Waals surface area contributed by atoms with Crippen LogP contribution in [0.25, 0.3) is 22.0 Å². The number of halogens is 2. The number of fused-ring (bicyclic) bond motifs is 1. The fraction of sp³-hybridized carbons (Fsp3) is 0.423. The van der Waals surface area contributed by atoms with Gasteiger partial charge in [0.25, 0.3) is 0 Å². The van der Waals surface area contributed by atoms with Gasteiger partial charge in [-0.3, -0.25) is 0 Å². The molecule has 1 N–H and O–H groups in total. The number of anilines is 2. The topological polar surface area (TPSA) is 92.5 Å². The first-order valence-corrected chi connectivity index (χ1v) is 12.6. The van der Waals surface area contributed by atoms with E-state index in [0.717, 1.165) is 42.0 Å². The highest BCUT2D eigenvalue weighted by Gasteiger charge is 2.28. The molecule has 2 aliphatic rings. The van der Waals surface area contributed by atoms with E-state index in [1.807, 2.05) is 18.3 Å². The predicted molar refractivity (Wildman–Crippen MR) is 141 cm³/mol. The second-order valence-electron chi connectivity index (χ2n) is 9.23. The van der Waals surface area contributed by atoms with Crippen molar-refractivity contribution in [2.45, 2.75) is 19.4 Å². The van der Waals surface area contributed by atoms with E-state index in [4.69, 9.17) is 42.4 Å². The average molecular weight is 528 g/mol. The largest absolute Gasteiger partial charge is 0.495 e. The molecule has 3 atom stereocenters. The van der Waals surface area contributed by atoms with Gasteiger partial charge in [0, 0.05) is 47.6 Å². The van der Waals surface area contributed by atoms with Crippen LogP contribution in [0.1, 0.15) is 13.3 Å². The highest BCUT2D eigenvalue weighted by molar-refractivity contribution is 6.41. The average Bonchev–Trinajstić information content (AvgIpc) is 3.53. The smallest absolute Gasteiger partial charge is 0.141 e. The SMILES string of the molecule is COc1cc(OC)c(Cl)c(-c2cc3cnc(N[C@@H]4COC[C@@H]4C)cc3c(N3CCC(C#N)C3)n2)c1Cl. The van der Waals surface area contributed by atoms with Crippen LogP contribution >= 0.6 is 23.2 Å². The molecule has 10 heteroatoms. The van der Waals surface area contributed by atoms with E-state index >= 15 is 0 Å². The summed E-state index contributed by atoms with van der Waals surface area (Å²) in [6, 6.07) is 8.17. The van der Waals surface area contributed by atoms with Gasteiger partial charge in [0.1, 0.15) is 23.1 Å². The molecule has 1 aromatic carbocycles. The molecule has 0 saturated carbocycles. The van der Waals surface area contributed by atoms with Gasteiger partial charge < -0.3 is 24.4 Å². The molecule has 5 rings (SSSR count). The fourth-order valence-corrected chi connectivity index (χ4v) is 5.47. The van der Waals surface area contributed by atoms with Crippen LogP contribution in [0.2, 0.25) is 10.0 Å². The predicted octanol–water partition coefficient (Wildman–Crippen LogP) is 5.42. The van der Waals surface area contributed by atoms with E-state index < -0.39 is 0 Å². The van der Waals surface area contributed by atoms with Crippen molar-refractivity contribution in [3.05, 3.63) is 34.4 Å². The Morgan fingerprint density at radius 1 is 1.14 bits per heavy atom. The normalized spacial score (nSPS) is 21.6. The maximum absolute atomic E-state index is 9.50. The van der Waals surface area contributed by atoms with E-state index in [2.05, 4.69) is 28.2 Å². The number of rotatable bonds is 6. The molecular weight excluding hydrogens is 501 g/mol. The van der Waals surface area contributed by atoms with Crippen molar-refractivity contribution in [3.63, 3.8) is 0 Å². The van der Waals surface area contributed by atoms with E-state index in [-0.39, 0.29) is 12.0 Å². The van der Waals surface area contributed by atoms with Crippen LogP contribution in [-0.4, -0.2) is 56.5 Å². The molecule has 2 fully saturated rings. The van der Waals surface area contributed by atoms with Gasteiger partial charge in [0.2, 0.25) is 0 Å². The molecule has 2 aliphatic heterocycles. The highest BCUT2D eigenvalue weighted by Crippen LogP contribution is 2.46. The summed E-state index contributed by atoms with van der Waals surface area (Å²) in [5.41, 5.74) is 1.10. The lowest BCUT2D eigenvalue weighted by molar-refractivity contribution is 0.187. The van der Waals surface area contributed by atoms with Crippen LogP contribution in [0.4, 0.5) is 11.6 Å². The molecule has 0 bridgehead atoms. The minimum Gasteiger partial charge on any atom is -0.495 e. The van der Waals surface area contributed by atoms with Crippen molar-refractivity contribution in [2.24, 2.45) is 11.8 Å². The Balaban J connectivity index is 1.66. The van der Waals surface area contributed by atoms with E-state index in [1.54, 1.807) is 20.3 Å². The van der Waals surface area contributed by atoms with Crippen LogP contribution < -0.4 is 19.7 Å². The zero-order chi connectivity index (χ0) is 25.4. The molecule has 2 aromatic heterocycles. The Hall–Kier alpha value is -2.99. The van der Waals surface area contributed by atoms with Crippen molar-refractivity contribution < 1.29 is 14.2 Å². The van der Waals surface area contributed by atoms with Gasteiger partial charge in [0.15, 0.2) is 0 Å². The van der Waals surface area contributed by atoms with Gasteiger partial charge in [-0.2, -0.15) is 5.26 Å². The number of aromatic nitrogens is 2. The molecule has 36 heavy (non-hydrogen) atoms. The number of nitrogens with one attached hydrogen (secondary N) is 1. The maximum atomic E-state index is 9.50. The molecule has 188 valence electrons. The lowest BCUT2D eigenvalue weighted by Crippen LogP contribution is -2.26. The number of nitrogens with zero attached hydrogens (tertiary/aromatic N) is 4. The molecule has 0 radical (unpaired) electrons. The van der Waals surface area contributed by atoms with E-state index in [1.165, 1.54) is 0 Å². The summed E-state index contributed by atoms with van der Waals surface area (Å²) in [5.74, 6) is 2.74. The molecule has 0 amide bonds. The van der Waals surface area contributed by atoms with Gasteiger partial charge in [-0.15, -0.1) is 0 Å². The number of nitriles is 1. The highest BCUT2D eigenvalue weighted by atomic mass is 35.5. The zero-order valence-electron chi connectivity index (χ0n) is 20.3. The van der Waals surface area contributed by atoms with Crippen LogP contribution in [0.5, 0.6) is 11.5 Å². The monoisotopic (exact) mass is 527 g/mol. The Labute approximate surface area is 220 Å².